The van der Waals surface area contributed by atoms with Crippen LogP contribution in [0.3, 0.4) is 0 Å². The lowest BCUT2D eigenvalue weighted by molar-refractivity contribution is 0.184. The van der Waals surface area contributed by atoms with Crippen molar-refractivity contribution < 1.29 is 4.74 Å². The summed E-state index contributed by atoms with van der Waals surface area (Å²) in [7, 11) is 0. The first kappa shape index (κ1) is 18.0. The van der Waals surface area contributed by atoms with Crippen LogP contribution in [0.4, 0.5) is 0 Å². The minimum absolute atomic E-state index is 0.928. The van der Waals surface area contributed by atoms with Crippen molar-refractivity contribution in [3.05, 3.63) is 6.61 Å². The van der Waals surface area contributed by atoms with Crippen LogP contribution in [-0.2, 0) is 4.74 Å². The molecule has 0 aromatic heterocycles. The molecule has 0 saturated heterocycles. The molecule has 1 heteroatoms. The summed E-state index contributed by atoms with van der Waals surface area (Å²) in [4.78, 5) is 0. The Bertz CT molecular complexity index is 118. The van der Waals surface area contributed by atoms with Crippen molar-refractivity contribution in [2.24, 2.45) is 0 Å². The molecule has 109 valence electrons. The zero-order valence-corrected chi connectivity index (χ0v) is 12.9. The highest BCUT2D eigenvalue weighted by Crippen LogP contribution is 2.10. The Morgan fingerprint density at radius 3 is 1.72 bits per heavy atom. The van der Waals surface area contributed by atoms with Crippen LogP contribution in [0.2, 0.25) is 0 Å². The molecular formula is C17H35O. The molecule has 0 amide bonds. The quantitative estimate of drug-likeness (QED) is 0.313. The third-order valence-corrected chi connectivity index (χ3v) is 3.41. The molecule has 0 aromatic rings. The number of unbranched alkanes of at least 4 members (excludes halogenated alkanes) is 11. The number of hydrogen-bond donors (Lipinski definition) is 0. The van der Waals surface area contributed by atoms with E-state index in [9.17, 15) is 0 Å². The smallest absolute Gasteiger partial charge is 0.0836 e. The highest BCUT2D eigenvalue weighted by atomic mass is 16.5. The van der Waals surface area contributed by atoms with Gasteiger partial charge in [-0.25, -0.2) is 0 Å². The standard InChI is InChI=1S/C17H35O/c1-3-5-7-9-10-11-12-13-15-17-18-16-14-8-6-4-2/h17H,3-16H2,1-2H3. The summed E-state index contributed by atoms with van der Waals surface area (Å²) < 4.78 is 5.51. The Kier molecular flexibility index (Phi) is 16.9. The van der Waals surface area contributed by atoms with Gasteiger partial charge in [0.15, 0.2) is 0 Å². The predicted octanol–water partition coefficient (Wildman–Crippen LogP) is 6.28. The van der Waals surface area contributed by atoms with E-state index in [1.54, 1.807) is 0 Å². The van der Waals surface area contributed by atoms with Gasteiger partial charge in [-0.2, -0.15) is 0 Å². The molecule has 0 N–H and O–H groups in total. The maximum atomic E-state index is 5.51. The van der Waals surface area contributed by atoms with E-state index in [2.05, 4.69) is 13.8 Å². The van der Waals surface area contributed by atoms with Crippen LogP contribution < -0.4 is 0 Å². The minimum atomic E-state index is 0.928. The zero-order valence-electron chi connectivity index (χ0n) is 12.9. The van der Waals surface area contributed by atoms with Crippen LogP contribution in [0.15, 0.2) is 0 Å². The molecule has 18 heavy (non-hydrogen) atoms. The Labute approximate surface area is 116 Å². The largest absolute Gasteiger partial charge is 0.376 e. The second-order valence-electron chi connectivity index (χ2n) is 5.36. The fourth-order valence-electron chi connectivity index (χ4n) is 2.14. The molecular weight excluding hydrogens is 220 g/mol. The van der Waals surface area contributed by atoms with Gasteiger partial charge in [0.2, 0.25) is 0 Å². The van der Waals surface area contributed by atoms with Crippen molar-refractivity contribution in [1.82, 2.24) is 0 Å². The summed E-state index contributed by atoms with van der Waals surface area (Å²) >= 11 is 0. The van der Waals surface area contributed by atoms with Crippen LogP contribution in [0.5, 0.6) is 0 Å². The summed E-state index contributed by atoms with van der Waals surface area (Å²) in [5, 5.41) is 0. The molecule has 1 nitrogen and oxygen atoms in total. The normalized spacial score (nSPS) is 11.0. The van der Waals surface area contributed by atoms with Crippen molar-refractivity contribution >= 4 is 0 Å². The van der Waals surface area contributed by atoms with Gasteiger partial charge in [0, 0.05) is 6.61 Å². The molecule has 0 aliphatic carbocycles. The highest BCUT2D eigenvalue weighted by Gasteiger charge is 1.93. The molecule has 0 rings (SSSR count). The Morgan fingerprint density at radius 1 is 0.611 bits per heavy atom. The maximum Gasteiger partial charge on any atom is 0.0836 e. The average molecular weight is 255 g/mol. The molecule has 0 spiro atoms. The van der Waals surface area contributed by atoms with E-state index in [1.807, 2.05) is 6.61 Å². The van der Waals surface area contributed by atoms with Gasteiger partial charge in [0.05, 0.1) is 6.61 Å². The van der Waals surface area contributed by atoms with Crippen molar-refractivity contribution in [3.63, 3.8) is 0 Å². The maximum absolute atomic E-state index is 5.51. The highest BCUT2D eigenvalue weighted by molar-refractivity contribution is 4.53. The first-order valence-corrected chi connectivity index (χ1v) is 8.35. The topological polar surface area (TPSA) is 9.23 Å². The minimum Gasteiger partial charge on any atom is -0.376 e. The lowest BCUT2D eigenvalue weighted by Crippen LogP contribution is -1.92. The summed E-state index contributed by atoms with van der Waals surface area (Å²) in [5.74, 6) is 0. The van der Waals surface area contributed by atoms with E-state index in [-0.39, 0.29) is 0 Å². The van der Waals surface area contributed by atoms with Crippen LogP contribution >= 0.6 is 0 Å². The first-order valence-electron chi connectivity index (χ1n) is 8.35. The molecule has 0 atom stereocenters. The molecule has 0 aliphatic heterocycles. The Morgan fingerprint density at radius 2 is 1.11 bits per heavy atom. The molecule has 0 fully saturated rings. The monoisotopic (exact) mass is 255 g/mol. The summed E-state index contributed by atoms with van der Waals surface area (Å²) in [6, 6.07) is 0. The molecule has 0 aliphatic rings. The van der Waals surface area contributed by atoms with Crippen molar-refractivity contribution in [1.29, 1.82) is 0 Å². The molecule has 1 radical (unpaired) electrons. The molecule has 0 aromatic carbocycles. The van der Waals surface area contributed by atoms with E-state index >= 15 is 0 Å². The third-order valence-electron chi connectivity index (χ3n) is 3.41. The van der Waals surface area contributed by atoms with Crippen molar-refractivity contribution in [2.45, 2.75) is 97.3 Å². The van der Waals surface area contributed by atoms with Crippen LogP contribution in [0.25, 0.3) is 0 Å². The van der Waals surface area contributed by atoms with E-state index in [0.29, 0.717) is 0 Å². The molecule has 0 saturated carbocycles. The second kappa shape index (κ2) is 17.0. The van der Waals surface area contributed by atoms with Gasteiger partial charge < -0.3 is 4.74 Å². The van der Waals surface area contributed by atoms with E-state index in [4.69, 9.17) is 4.74 Å². The lowest BCUT2D eigenvalue weighted by Gasteiger charge is -2.03. The van der Waals surface area contributed by atoms with Crippen LogP contribution in [0, 0.1) is 6.61 Å². The Hall–Kier alpha value is -0.0400. The van der Waals surface area contributed by atoms with Gasteiger partial charge in [0.25, 0.3) is 0 Å². The van der Waals surface area contributed by atoms with Gasteiger partial charge >= 0.3 is 0 Å². The van der Waals surface area contributed by atoms with Crippen molar-refractivity contribution in [3.8, 4) is 0 Å². The van der Waals surface area contributed by atoms with Gasteiger partial charge in [-0.1, -0.05) is 84.5 Å². The zero-order chi connectivity index (χ0) is 13.3. The molecule has 0 heterocycles. The van der Waals surface area contributed by atoms with Gasteiger partial charge in [0.1, 0.15) is 0 Å². The fraction of sp³-hybridized carbons (Fsp3) is 0.941. The number of ether oxygens (including phenoxy) is 1. The molecule has 0 unspecified atom stereocenters. The summed E-state index contributed by atoms with van der Waals surface area (Å²) in [5.41, 5.74) is 0. The lowest BCUT2D eigenvalue weighted by atomic mass is 10.1. The number of rotatable bonds is 15. The van der Waals surface area contributed by atoms with Crippen molar-refractivity contribution in [2.75, 3.05) is 6.61 Å². The number of hydrogen-bond acceptors (Lipinski definition) is 1. The van der Waals surface area contributed by atoms with E-state index in [1.165, 1.54) is 77.0 Å². The van der Waals surface area contributed by atoms with E-state index < -0.39 is 0 Å². The van der Waals surface area contributed by atoms with Gasteiger partial charge in [-0.15, -0.1) is 0 Å². The summed E-state index contributed by atoms with van der Waals surface area (Å²) in [6.45, 7) is 7.48. The van der Waals surface area contributed by atoms with Crippen LogP contribution in [0.1, 0.15) is 97.3 Å². The predicted molar refractivity (Wildman–Crippen MR) is 81.6 cm³/mol. The fourth-order valence-corrected chi connectivity index (χ4v) is 2.14. The SMILES string of the molecule is CCCCCCCCCC[CH]OCCCCCC. The molecule has 0 bridgehead atoms. The second-order valence-corrected chi connectivity index (χ2v) is 5.36. The first-order chi connectivity index (χ1) is 8.91. The van der Waals surface area contributed by atoms with Gasteiger partial charge in [-0.3, -0.25) is 0 Å². The Balaban J connectivity index is 2.86. The third kappa shape index (κ3) is 16.0. The van der Waals surface area contributed by atoms with E-state index in [0.717, 1.165) is 13.0 Å². The van der Waals surface area contributed by atoms with Crippen LogP contribution in [-0.4, -0.2) is 6.61 Å². The average Bonchev–Trinajstić information content (AvgIpc) is 2.39. The van der Waals surface area contributed by atoms with Gasteiger partial charge in [-0.05, 0) is 12.8 Å². The summed E-state index contributed by atoms with van der Waals surface area (Å²) in [6.07, 6.45) is 17.5.